The number of benzene rings is 2. The Morgan fingerprint density at radius 2 is 1.78 bits per heavy atom. The van der Waals surface area contributed by atoms with Crippen LogP contribution >= 0.6 is 0 Å². The molecule has 0 spiro atoms. The lowest BCUT2D eigenvalue weighted by molar-refractivity contribution is -0.122. The molecule has 0 unspecified atom stereocenters. The van der Waals surface area contributed by atoms with Crippen LogP contribution in [0.5, 0.6) is 5.75 Å². The Labute approximate surface area is 155 Å². The lowest BCUT2D eigenvalue weighted by atomic mass is 10.1. The number of halogens is 1. The highest BCUT2D eigenvalue weighted by molar-refractivity contribution is 6.39. The maximum atomic E-state index is 14.1. The Morgan fingerprint density at radius 1 is 1.07 bits per heavy atom. The van der Waals surface area contributed by atoms with Gasteiger partial charge in [-0.05, 0) is 30.7 Å². The number of hydrogen-bond donors (Lipinski definition) is 1. The van der Waals surface area contributed by atoms with E-state index >= 15 is 0 Å². The molecule has 1 N–H and O–H groups in total. The predicted octanol–water partition coefficient (Wildman–Crippen LogP) is 3.28. The minimum atomic E-state index is -0.997. The van der Waals surface area contributed by atoms with E-state index in [-0.39, 0.29) is 11.3 Å². The maximum absolute atomic E-state index is 14.1. The van der Waals surface area contributed by atoms with E-state index in [0.29, 0.717) is 22.8 Å². The quantitative estimate of drug-likeness (QED) is 0.649. The summed E-state index contributed by atoms with van der Waals surface area (Å²) in [5.74, 6) is -2.00. The smallest absolute Gasteiger partial charge is 0.336 e. The second-order valence-corrected chi connectivity index (χ2v) is 5.80. The van der Waals surface area contributed by atoms with Gasteiger partial charge < -0.3 is 4.74 Å². The molecule has 1 heterocycles. The van der Waals surface area contributed by atoms with Crippen LogP contribution < -0.4 is 15.0 Å². The van der Waals surface area contributed by atoms with E-state index in [0.717, 1.165) is 12.5 Å². The number of carbonyl (C=O) groups excluding carboxylic acids is 3. The van der Waals surface area contributed by atoms with Gasteiger partial charge in [-0.1, -0.05) is 37.3 Å². The van der Waals surface area contributed by atoms with Crippen LogP contribution in [0.4, 0.5) is 14.9 Å². The summed E-state index contributed by atoms with van der Waals surface area (Å²) in [5.41, 5.74) is -0.00778. The molecule has 0 saturated carbocycles. The lowest BCUT2D eigenvalue weighted by Crippen LogP contribution is -2.54. The number of carbonyl (C=O) groups is 3. The number of amides is 4. The van der Waals surface area contributed by atoms with Crippen LogP contribution in [0.15, 0.2) is 54.1 Å². The van der Waals surface area contributed by atoms with Gasteiger partial charge in [0.1, 0.15) is 17.1 Å². The third-order valence-corrected chi connectivity index (χ3v) is 3.88. The van der Waals surface area contributed by atoms with Gasteiger partial charge >= 0.3 is 6.03 Å². The normalized spacial score (nSPS) is 15.9. The first kappa shape index (κ1) is 18.3. The molecule has 3 rings (SSSR count). The van der Waals surface area contributed by atoms with E-state index in [4.69, 9.17) is 4.74 Å². The number of nitrogens with one attached hydrogen (secondary N) is 1. The standard InChI is InChI=1S/C20H17FN2O4/c1-2-11-27-17-10-6-3-7-13(17)12-14-18(24)22-20(26)23(19(14)25)16-9-5-4-8-15(16)21/h3-10,12H,2,11H2,1H3,(H,22,24,26)/b14-12-. The first-order chi connectivity index (χ1) is 13.0. The average Bonchev–Trinajstić information content (AvgIpc) is 2.65. The molecule has 1 aliphatic heterocycles. The summed E-state index contributed by atoms with van der Waals surface area (Å²) >= 11 is 0. The summed E-state index contributed by atoms with van der Waals surface area (Å²) < 4.78 is 19.7. The molecule has 2 aromatic rings. The van der Waals surface area contributed by atoms with Gasteiger partial charge in [0.15, 0.2) is 0 Å². The Balaban J connectivity index is 2.02. The fourth-order valence-electron chi connectivity index (χ4n) is 2.61. The summed E-state index contributed by atoms with van der Waals surface area (Å²) in [6.07, 6.45) is 2.13. The number of ether oxygens (including phenoxy) is 1. The third-order valence-electron chi connectivity index (χ3n) is 3.88. The summed E-state index contributed by atoms with van der Waals surface area (Å²) in [5, 5.41) is 2.07. The minimum Gasteiger partial charge on any atom is -0.493 e. The summed E-state index contributed by atoms with van der Waals surface area (Å²) in [6, 6.07) is 11.3. The number of barbiturate groups is 1. The van der Waals surface area contributed by atoms with E-state index in [9.17, 15) is 18.8 Å². The first-order valence-corrected chi connectivity index (χ1v) is 8.40. The lowest BCUT2D eigenvalue weighted by Gasteiger charge is -2.26. The van der Waals surface area contributed by atoms with Crippen molar-refractivity contribution in [2.75, 3.05) is 11.5 Å². The molecule has 27 heavy (non-hydrogen) atoms. The number of urea groups is 1. The predicted molar refractivity (Wildman–Crippen MR) is 97.6 cm³/mol. The molecule has 0 radical (unpaired) electrons. The zero-order valence-corrected chi connectivity index (χ0v) is 14.6. The van der Waals surface area contributed by atoms with Crippen LogP contribution in [0.1, 0.15) is 18.9 Å². The molecular formula is C20H17FN2O4. The van der Waals surface area contributed by atoms with Crippen molar-refractivity contribution in [3.8, 4) is 5.75 Å². The van der Waals surface area contributed by atoms with Crippen molar-refractivity contribution in [2.45, 2.75) is 13.3 Å². The van der Waals surface area contributed by atoms with Crippen molar-refractivity contribution in [3.63, 3.8) is 0 Å². The molecule has 138 valence electrons. The summed E-state index contributed by atoms with van der Waals surface area (Å²) in [4.78, 5) is 37.8. The second-order valence-electron chi connectivity index (χ2n) is 5.80. The third kappa shape index (κ3) is 3.72. The van der Waals surface area contributed by atoms with Gasteiger partial charge in [-0.15, -0.1) is 0 Å². The van der Waals surface area contributed by atoms with Crippen molar-refractivity contribution in [1.82, 2.24) is 5.32 Å². The molecule has 0 bridgehead atoms. The van der Waals surface area contributed by atoms with Crippen molar-refractivity contribution < 1.29 is 23.5 Å². The van der Waals surface area contributed by atoms with Gasteiger partial charge in [0.05, 0.1) is 12.3 Å². The first-order valence-electron chi connectivity index (χ1n) is 8.40. The van der Waals surface area contributed by atoms with Gasteiger partial charge in [0, 0.05) is 5.56 Å². The van der Waals surface area contributed by atoms with Gasteiger partial charge in [0.2, 0.25) is 0 Å². The monoisotopic (exact) mass is 368 g/mol. The van der Waals surface area contributed by atoms with E-state index in [1.165, 1.54) is 24.3 Å². The number of hydrogen-bond acceptors (Lipinski definition) is 4. The Bertz CT molecular complexity index is 939. The Kier molecular flexibility index (Phi) is 5.30. The average molecular weight is 368 g/mol. The minimum absolute atomic E-state index is 0.228. The molecule has 4 amide bonds. The Hall–Kier alpha value is -3.48. The Morgan fingerprint density at radius 3 is 2.52 bits per heavy atom. The summed E-state index contributed by atoms with van der Waals surface area (Å²) in [7, 11) is 0. The van der Waals surface area contributed by atoms with E-state index in [1.807, 2.05) is 6.92 Å². The van der Waals surface area contributed by atoms with Crippen LogP contribution in [0.2, 0.25) is 0 Å². The van der Waals surface area contributed by atoms with Gasteiger partial charge in [-0.3, -0.25) is 14.9 Å². The van der Waals surface area contributed by atoms with Crippen molar-refractivity contribution in [2.24, 2.45) is 0 Å². The molecule has 7 heteroatoms. The highest BCUT2D eigenvalue weighted by Crippen LogP contribution is 2.26. The van der Waals surface area contributed by atoms with E-state index in [1.54, 1.807) is 24.3 Å². The van der Waals surface area contributed by atoms with Crippen LogP contribution in [-0.4, -0.2) is 24.5 Å². The van der Waals surface area contributed by atoms with E-state index < -0.39 is 23.7 Å². The molecular weight excluding hydrogens is 351 g/mol. The molecule has 0 aliphatic carbocycles. The maximum Gasteiger partial charge on any atom is 0.336 e. The highest BCUT2D eigenvalue weighted by atomic mass is 19.1. The van der Waals surface area contributed by atoms with Crippen LogP contribution in [-0.2, 0) is 9.59 Å². The zero-order chi connectivity index (χ0) is 19.4. The molecule has 1 saturated heterocycles. The van der Waals surface area contributed by atoms with Crippen LogP contribution in [0.25, 0.3) is 6.08 Å². The largest absolute Gasteiger partial charge is 0.493 e. The van der Waals surface area contributed by atoms with Gasteiger partial charge in [0.25, 0.3) is 11.8 Å². The SMILES string of the molecule is CCCOc1ccccc1/C=C1/C(=O)NC(=O)N(c2ccccc2F)C1=O. The molecule has 2 aromatic carbocycles. The topological polar surface area (TPSA) is 75.7 Å². The molecule has 1 aliphatic rings. The molecule has 1 fully saturated rings. The number of anilines is 1. The molecule has 0 atom stereocenters. The zero-order valence-electron chi connectivity index (χ0n) is 14.6. The van der Waals surface area contributed by atoms with Crippen molar-refractivity contribution in [1.29, 1.82) is 0 Å². The van der Waals surface area contributed by atoms with Crippen LogP contribution in [0.3, 0.4) is 0 Å². The summed E-state index contributed by atoms with van der Waals surface area (Å²) in [6.45, 7) is 2.43. The van der Waals surface area contributed by atoms with Crippen molar-refractivity contribution in [3.05, 3.63) is 65.5 Å². The molecule has 0 aromatic heterocycles. The fourth-order valence-corrected chi connectivity index (χ4v) is 2.61. The highest BCUT2D eigenvalue weighted by Gasteiger charge is 2.38. The molecule has 6 nitrogen and oxygen atoms in total. The number of rotatable bonds is 5. The number of imide groups is 2. The number of nitrogens with zero attached hydrogens (tertiary/aromatic N) is 1. The fraction of sp³-hybridized carbons (Fsp3) is 0.150. The second kappa shape index (κ2) is 7.82. The van der Waals surface area contributed by atoms with Crippen LogP contribution in [0, 0.1) is 5.82 Å². The van der Waals surface area contributed by atoms with E-state index in [2.05, 4.69) is 5.32 Å². The van der Waals surface area contributed by atoms with Gasteiger partial charge in [-0.2, -0.15) is 0 Å². The number of para-hydroxylation sites is 2. The van der Waals surface area contributed by atoms with Gasteiger partial charge in [-0.25, -0.2) is 14.1 Å². The van der Waals surface area contributed by atoms with Crippen molar-refractivity contribution >= 4 is 29.6 Å².